The summed E-state index contributed by atoms with van der Waals surface area (Å²) in [5.41, 5.74) is 5.82. The summed E-state index contributed by atoms with van der Waals surface area (Å²) in [5.74, 6) is -0.524. The van der Waals surface area contributed by atoms with Crippen LogP contribution in [0.3, 0.4) is 0 Å². The molecule has 1 rings (SSSR count). The van der Waals surface area contributed by atoms with Crippen LogP contribution in [0.2, 0.25) is 0 Å². The molecule has 0 aliphatic carbocycles. The molecule has 0 aliphatic rings. The molecule has 0 saturated heterocycles. The first kappa shape index (κ1) is 13.5. The Bertz CT molecular complexity index is 506. The number of aromatic nitrogens is 2. The zero-order valence-corrected chi connectivity index (χ0v) is 10.5. The van der Waals surface area contributed by atoms with Gasteiger partial charge in [0.2, 0.25) is 0 Å². The quantitative estimate of drug-likeness (QED) is 0.729. The molecular weight excluding hydrogens is 246 g/mol. The minimum atomic E-state index is -3.09. The molecule has 0 unspecified atom stereocenters. The van der Waals surface area contributed by atoms with Crippen molar-refractivity contribution in [1.82, 2.24) is 9.78 Å². The second-order valence-electron chi connectivity index (χ2n) is 3.52. The first-order chi connectivity index (χ1) is 7.85. The van der Waals surface area contributed by atoms with Gasteiger partial charge in [0.1, 0.15) is 21.2 Å². The van der Waals surface area contributed by atoms with E-state index in [0.29, 0.717) is 0 Å². The van der Waals surface area contributed by atoms with Crippen molar-refractivity contribution in [3.63, 3.8) is 0 Å². The molecule has 0 spiro atoms. The van der Waals surface area contributed by atoms with E-state index in [1.54, 1.807) is 6.92 Å². The van der Waals surface area contributed by atoms with Gasteiger partial charge in [-0.05, 0) is 6.92 Å². The number of nitrogens with zero attached hydrogens (tertiary/aromatic N) is 2. The van der Waals surface area contributed by atoms with Gasteiger partial charge in [0.05, 0.1) is 25.1 Å². The molecule has 1 heterocycles. The van der Waals surface area contributed by atoms with Crippen LogP contribution in [-0.4, -0.2) is 42.8 Å². The van der Waals surface area contributed by atoms with Gasteiger partial charge in [-0.2, -0.15) is 5.10 Å². The van der Waals surface area contributed by atoms with E-state index >= 15 is 0 Å². The number of hydrogen-bond donors (Lipinski definition) is 1. The summed E-state index contributed by atoms with van der Waals surface area (Å²) in [4.78, 5) is 11.4. The molecule has 0 fully saturated rings. The summed E-state index contributed by atoms with van der Waals surface area (Å²) in [6.45, 7) is 2.04. The molecule has 8 heteroatoms. The Morgan fingerprint density at radius 3 is 2.76 bits per heavy atom. The van der Waals surface area contributed by atoms with Gasteiger partial charge < -0.3 is 10.5 Å². The maximum atomic E-state index is 11.4. The largest absolute Gasteiger partial charge is 0.462 e. The zero-order valence-electron chi connectivity index (χ0n) is 9.71. The van der Waals surface area contributed by atoms with Crippen LogP contribution >= 0.6 is 0 Å². The molecule has 0 aliphatic heterocycles. The van der Waals surface area contributed by atoms with Crippen LogP contribution in [0.1, 0.15) is 17.3 Å². The molecule has 7 nitrogen and oxygen atoms in total. The van der Waals surface area contributed by atoms with Crippen LogP contribution in [0.15, 0.2) is 6.20 Å². The Kier molecular flexibility index (Phi) is 4.11. The summed E-state index contributed by atoms with van der Waals surface area (Å²) in [7, 11) is -3.09. The Labute approximate surface area is 99.5 Å². The fourth-order valence-electron chi connectivity index (χ4n) is 1.19. The van der Waals surface area contributed by atoms with Crippen LogP contribution < -0.4 is 5.73 Å². The summed E-state index contributed by atoms with van der Waals surface area (Å²) >= 11 is 0. The van der Waals surface area contributed by atoms with E-state index in [1.807, 2.05) is 0 Å². The SMILES string of the molecule is CCOC(=O)c1cnn(CCS(C)(=O)=O)c1N. The molecule has 0 aromatic carbocycles. The van der Waals surface area contributed by atoms with Crippen molar-refractivity contribution in [2.75, 3.05) is 24.3 Å². The van der Waals surface area contributed by atoms with E-state index in [2.05, 4.69) is 5.10 Å². The van der Waals surface area contributed by atoms with Crippen LogP contribution in [0.25, 0.3) is 0 Å². The molecule has 2 N–H and O–H groups in total. The lowest BCUT2D eigenvalue weighted by Gasteiger charge is -2.04. The Hall–Kier alpha value is -1.57. The van der Waals surface area contributed by atoms with Crippen molar-refractivity contribution >= 4 is 21.6 Å². The van der Waals surface area contributed by atoms with E-state index in [4.69, 9.17) is 10.5 Å². The van der Waals surface area contributed by atoms with E-state index in [0.717, 1.165) is 6.26 Å². The highest BCUT2D eigenvalue weighted by molar-refractivity contribution is 7.90. The normalized spacial score (nSPS) is 11.4. The fraction of sp³-hybridized carbons (Fsp3) is 0.556. The van der Waals surface area contributed by atoms with Gasteiger partial charge in [-0.15, -0.1) is 0 Å². The maximum Gasteiger partial charge on any atom is 0.343 e. The Morgan fingerprint density at radius 1 is 1.59 bits per heavy atom. The number of esters is 1. The third kappa shape index (κ3) is 3.74. The lowest BCUT2D eigenvalue weighted by atomic mass is 10.3. The second-order valence-corrected chi connectivity index (χ2v) is 5.78. The van der Waals surface area contributed by atoms with E-state index in [1.165, 1.54) is 10.9 Å². The lowest BCUT2D eigenvalue weighted by molar-refractivity contribution is 0.0527. The maximum absolute atomic E-state index is 11.4. The summed E-state index contributed by atoms with van der Waals surface area (Å²) in [6.07, 6.45) is 2.40. The van der Waals surface area contributed by atoms with Crippen LogP contribution in [0.4, 0.5) is 5.82 Å². The van der Waals surface area contributed by atoms with Crippen molar-refractivity contribution in [2.24, 2.45) is 0 Å². The molecule has 96 valence electrons. The number of rotatable bonds is 5. The summed E-state index contributed by atoms with van der Waals surface area (Å²) < 4.78 is 28.0. The molecule has 0 atom stereocenters. The number of carbonyl (C=O) groups is 1. The number of ether oxygens (including phenoxy) is 1. The summed E-state index contributed by atoms with van der Waals surface area (Å²) in [6, 6.07) is 0. The van der Waals surface area contributed by atoms with Crippen molar-refractivity contribution in [1.29, 1.82) is 0 Å². The number of anilines is 1. The van der Waals surface area contributed by atoms with Gasteiger partial charge in [0, 0.05) is 6.26 Å². The van der Waals surface area contributed by atoms with Crippen LogP contribution in [-0.2, 0) is 21.1 Å². The summed E-state index contributed by atoms with van der Waals surface area (Å²) in [5, 5.41) is 3.85. The molecule has 0 amide bonds. The second kappa shape index (κ2) is 5.17. The first-order valence-corrected chi connectivity index (χ1v) is 7.07. The molecule has 0 saturated carbocycles. The molecule has 0 bridgehead atoms. The van der Waals surface area contributed by atoms with Crippen molar-refractivity contribution < 1.29 is 17.9 Å². The highest BCUT2D eigenvalue weighted by atomic mass is 32.2. The van der Waals surface area contributed by atoms with Crippen molar-refractivity contribution in [3.05, 3.63) is 11.8 Å². The smallest absolute Gasteiger partial charge is 0.343 e. The molecule has 1 aromatic rings. The number of aryl methyl sites for hydroxylation is 1. The van der Waals surface area contributed by atoms with Gasteiger partial charge in [-0.1, -0.05) is 0 Å². The average Bonchev–Trinajstić information content (AvgIpc) is 2.56. The standard InChI is InChI=1S/C9H15N3O4S/c1-3-16-9(13)7-6-11-12(8(7)10)4-5-17(2,14)15/h6H,3-5,10H2,1-2H3. The number of nitrogen functional groups attached to an aromatic ring is 1. The lowest BCUT2D eigenvalue weighted by Crippen LogP contribution is -2.15. The molecule has 0 radical (unpaired) electrons. The van der Waals surface area contributed by atoms with Gasteiger partial charge in [-0.25, -0.2) is 17.9 Å². The number of sulfone groups is 1. The Morgan fingerprint density at radius 2 is 2.24 bits per heavy atom. The topological polar surface area (TPSA) is 104 Å². The molecule has 17 heavy (non-hydrogen) atoms. The number of nitrogens with two attached hydrogens (primary N) is 1. The minimum Gasteiger partial charge on any atom is -0.462 e. The zero-order chi connectivity index (χ0) is 13.1. The van der Waals surface area contributed by atoms with Gasteiger partial charge in [0.25, 0.3) is 0 Å². The predicted molar refractivity (Wildman–Crippen MR) is 62.3 cm³/mol. The van der Waals surface area contributed by atoms with Gasteiger partial charge in [0.15, 0.2) is 0 Å². The number of hydrogen-bond acceptors (Lipinski definition) is 6. The van der Waals surface area contributed by atoms with Crippen molar-refractivity contribution in [2.45, 2.75) is 13.5 Å². The van der Waals surface area contributed by atoms with Gasteiger partial charge in [-0.3, -0.25) is 0 Å². The van der Waals surface area contributed by atoms with Crippen LogP contribution in [0.5, 0.6) is 0 Å². The third-order valence-corrected chi connectivity index (χ3v) is 2.97. The van der Waals surface area contributed by atoms with E-state index < -0.39 is 15.8 Å². The third-order valence-electron chi connectivity index (χ3n) is 2.05. The average molecular weight is 261 g/mol. The van der Waals surface area contributed by atoms with Crippen molar-refractivity contribution in [3.8, 4) is 0 Å². The highest BCUT2D eigenvalue weighted by Gasteiger charge is 2.16. The Balaban J connectivity index is 2.81. The van der Waals surface area contributed by atoms with Gasteiger partial charge >= 0.3 is 5.97 Å². The number of carbonyl (C=O) groups excluding carboxylic acids is 1. The predicted octanol–water partition coefficient (Wildman–Crippen LogP) is -0.313. The van der Waals surface area contributed by atoms with E-state index in [9.17, 15) is 13.2 Å². The van der Waals surface area contributed by atoms with Crippen LogP contribution in [0, 0.1) is 0 Å². The monoisotopic (exact) mass is 261 g/mol. The van der Waals surface area contributed by atoms with E-state index in [-0.39, 0.29) is 30.3 Å². The first-order valence-electron chi connectivity index (χ1n) is 5.01. The molecule has 1 aromatic heterocycles. The fourth-order valence-corrected chi connectivity index (χ4v) is 1.70. The highest BCUT2D eigenvalue weighted by Crippen LogP contribution is 2.12. The molecular formula is C9H15N3O4S. The minimum absolute atomic E-state index is 0.0822.